The lowest BCUT2D eigenvalue weighted by Crippen LogP contribution is -2.38. The van der Waals surface area contributed by atoms with Gasteiger partial charge in [-0.15, -0.1) is 0 Å². The minimum absolute atomic E-state index is 0.0644. The van der Waals surface area contributed by atoms with Crippen LogP contribution in [0.3, 0.4) is 0 Å². The van der Waals surface area contributed by atoms with E-state index in [4.69, 9.17) is 0 Å². The van der Waals surface area contributed by atoms with Gasteiger partial charge in [0.25, 0.3) is 11.8 Å². The topological polar surface area (TPSA) is 61.4 Å². The van der Waals surface area contributed by atoms with Crippen LogP contribution in [-0.4, -0.2) is 24.4 Å². The van der Waals surface area contributed by atoms with Crippen molar-refractivity contribution < 1.29 is 9.59 Å². The number of hydrogen-bond donors (Lipinski definition) is 2. The molecule has 1 saturated carbocycles. The Balaban J connectivity index is 1.42. The van der Waals surface area contributed by atoms with Crippen molar-refractivity contribution in [3.63, 3.8) is 0 Å². The Morgan fingerprint density at radius 1 is 0.857 bits per heavy atom. The van der Waals surface area contributed by atoms with E-state index < -0.39 is 0 Å². The molecule has 0 saturated heterocycles. The van der Waals surface area contributed by atoms with E-state index in [1.807, 2.05) is 30.3 Å². The number of anilines is 2. The molecule has 5 nitrogen and oxygen atoms in total. The Hall–Kier alpha value is -3.12. The van der Waals surface area contributed by atoms with Crippen molar-refractivity contribution in [2.24, 2.45) is 0 Å². The number of carbonyl (C=O) groups excluding carboxylic acids is 2. The van der Waals surface area contributed by atoms with Crippen molar-refractivity contribution in [1.29, 1.82) is 0 Å². The molecule has 2 N–H and O–H groups in total. The Kier molecular flexibility index (Phi) is 7.19. The summed E-state index contributed by atoms with van der Waals surface area (Å²) >= 11 is 3.40. The summed E-state index contributed by atoms with van der Waals surface area (Å²) in [6, 6.07) is 21.6. The van der Waals surface area contributed by atoms with Crippen molar-refractivity contribution in [3.05, 3.63) is 93.5 Å². The first kappa shape index (κ1) is 23.6. The Bertz CT molecular complexity index is 1220. The number of carbonyl (C=O) groups is 2. The lowest BCUT2D eigenvalue weighted by atomic mass is 9.95. The molecule has 2 amide bonds. The third-order valence-corrected chi connectivity index (χ3v) is 7.55. The third kappa shape index (κ3) is 5.59. The summed E-state index contributed by atoms with van der Waals surface area (Å²) in [5.74, 6) is -0.263. The molecule has 3 aromatic rings. The molecule has 2 aliphatic rings. The highest BCUT2D eigenvalue weighted by Crippen LogP contribution is 2.30. The van der Waals surface area contributed by atoms with Crippen molar-refractivity contribution in [2.45, 2.75) is 51.1 Å². The van der Waals surface area contributed by atoms with Gasteiger partial charge in [0.1, 0.15) is 0 Å². The van der Waals surface area contributed by atoms with Gasteiger partial charge >= 0.3 is 0 Å². The zero-order chi connectivity index (χ0) is 24.2. The van der Waals surface area contributed by atoms with Gasteiger partial charge in [-0.3, -0.25) is 9.59 Å². The standard InChI is InChI=1S/C29H30BrN3O2/c30-23-12-10-21(11-13-23)28(34)32-25-14-15-27(33-17-16-20-6-4-5-7-22(20)19-33)26(18-25)29(35)31-24-8-2-1-3-9-24/h4-7,10-15,18,24H,1-3,8-9,16-17,19H2,(H,31,35)(H,32,34). The molecule has 5 rings (SSSR count). The van der Waals surface area contributed by atoms with Crippen molar-refractivity contribution in [1.82, 2.24) is 5.32 Å². The van der Waals surface area contributed by atoms with Gasteiger partial charge in [0.15, 0.2) is 0 Å². The van der Waals surface area contributed by atoms with E-state index in [0.717, 1.165) is 55.4 Å². The second-order valence-corrected chi connectivity index (χ2v) is 10.4. The highest BCUT2D eigenvalue weighted by atomic mass is 79.9. The van der Waals surface area contributed by atoms with Crippen LogP contribution in [0.15, 0.2) is 71.2 Å². The monoisotopic (exact) mass is 531 g/mol. The number of amides is 2. The van der Waals surface area contributed by atoms with Gasteiger partial charge < -0.3 is 15.5 Å². The van der Waals surface area contributed by atoms with Gasteiger partial charge in [-0.1, -0.05) is 59.5 Å². The largest absolute Gasteiger partial charge is 0.366 e. The summed E-state index contributed by atoms with van der Waals surface area (Å²) < 4.78 is 0.920. The van der Waals surface area contributed by atoms with E-state index in [0.29, 0.717) is 16.8 Å². The molecular formula is C29H30BrN3O2. The van der Waals surface area contributed by atoms with E-state index in [-0.39, 0.29) is 17.9 Å². The SMILES string of the molecule is O=C(Nc1ccc(N2CCc3ccccc3C2)c(C(=O)NC2CCCCC2)c1)c1ccc(Br)cc1. The fourth-order valence-electron chi connectivity index (χ4n) is 5.09. The van der Waals surface area contributed by atoms with Crippen LogP contribution in [-0.2, 0) is 13.0 Å². The van der Waals surface area contributed by atoms with E-state index in [1.165, 1.54) is 17.5 Å². The van der Waals surface area contributed by atoms with Gasteiger partial charge in [-0.05, 0) is 72.9 Å². The van der Waals surface area contributed by atoms with Crippen LogP contribution in [0.1, 0.15) is 63.9 Å². The van der Waals surface area contributed by atoms with E-state index in [1.54, 1.807) is 12.1 Å². The maximum atomic E-state index is 13.5. The van der Waals surface area contributed by atoms with E-state index in [9.17, 15) is 9.59 Å². The molecule has 0 spiro atoms. The van der Waals surface area contributed by atoms with Crippen LogP contribution in [0.25, 0.3) is 0 Å². The normalized spacial score (nSPS) is 15.9. The highest BCUT2D eigenvalue weighted by Gasteiger charge is 2.24. The second kappa shape index (κ2) is 10.6. The summed E-state index contributed by atoms with van der Waals surface area (Å²) in [5, 5.41) is 6.24. The van der Waals surface area contributed by atoms with E-state index in [2.05, 4.69) is 55.7 Å². The molecule has 1 heterocycles. The van der Waals surface area contributed by atoms with Gasteiger partial charge in [0, 0.05) is 40.5 Å². The molecule has 0 bridgehead atoms. The smallest absolute Gasteiger partial charge is 0.255 e. The highest BCUT2D eigenvalue weighted by molar-refractivity contribution is 9.10. The van der Waals surface area contributed by atoms with Crippen LogP contribution >= 0.6 is 15.9 Å². The fraction of sp³-hybridized carbons (Fsp3) is 0.310. The molecule has 0 unspecified atom stereocenters. The predicted molar refractivity (Wildman–Crippen MR) is 144 cm³/mol. The number of nitrogens with zero attached hydrogens (tertiary/aromatic N) is 1. The van der Waals surface area contributed by atoms with Crippen LogP contribution in [0.5, 0.6) is 0 Å². The van der Waals surface area contributed by atoms with Gasteiger partial charge in [-0.2, -0.15) is 0 Å². The summed E-state index contributed by atoms with van der Waals surface area (Å²) in [5.41, 5.74) is 5.38. The molecule has 180 valence electrons. The van der Waals surface area contributed by atoms with Crippen molar-refractivity contribution >= 4 is 39.1 Å². The molecular weight excluding hydrogens is 502 g/mol. The number of nitrogens with one attached hydrogen (secondary N) is 2. The van der Waals surface area contributed by atoms with Gasteiger partial charge in [0.05, 0.1) is 5.56 Å². The van der Waals surface area contributed by atoms with Crippen LogP contribution < -0.4 is 15.5 Å². The molecule has 0 atom stereocenters. The molecule has 0 aromatic heterocycles. The van der Waals surface area contributed by atoms with Gasteiger partial charge in [0.2, 0.25) is 0 Å². The third-order valence-electron chi connectivity index (χ3n) is 7.02. The minimum atomic E-state index is -0.198. The first-order valence-electron chi connectivity index (χ1n) is 12.4. The molecule has 0 radical (unpaired) electrons. The predicted octanol–water partition coefficient (Wildman–Crippen LogP) is 6.33. The number of fused-ring (bicyclic) bond motifs is 1. The first-order valence-corrected chi connectivity index (χ1v) is 13.2. The number of rotatable bonds is 5. The molecule has 1 fully saturated rings. The van der Waals surface area contributed by atoms with Crippen molar-refractivity contribution in [3.8, 4) is 0 Å². The maximum Gasteiger partial charge on any atom is 0.255 e. The number of benzene rings is 3. The van der Waals surface area contributed by atoms with Crippen molar-refractivity contribution in [2.75, 3.05) is 16.8 Å². The minimum Gasteiger partial charge on any atom is -0.366 e. The quantitative estimate of drug-likeness (QED) is 0.404. The lowest BCUT2D eigenvalue weighted by molar-refractivity contribution is 0.0927. The number of halogens is 1. The lowest BCUT2D eigenvalue weighted by Gasteiger charge is -2.32. The van der Waals surface area contributed by atoms with Crippen LogP contribution in [0, 0.1) is 0 Å². The first-order chi connectivity index (χ1) is 17.1. The fourth-order valence-corrected chi connectivity index (χ4v) is 5.35. The molecule has 1 aliphatic heterocycles. The Morgan fingerprint density at radius 2 is 1.60 bits per heavy atom. The summed E-state index contributed by atoms with van der Waals surface area (Å²) in [6.07, 6.45) is 6.55. The van der Waals surface area contributed by atoms with Crippen LogP contribution in [0.4, 0.5) is 11.4 Å². The van der Waals surface area contributed by atoms with Crippen LogP contribution in [0.2, 0.25) is 0 Å². The summed E-state index contributed by atoms with van der Waals surface area (Å²) in [7, 11) is 0. The zero-order valence-electron chi connectivity index (χ0n) is 19.7. The zero-order valence-corrected chi connectivity index (χ0v) is 21.3. The maximum absolute atomic E-state index is 13.5. The second-order valence-electron chi connectivity index (χ2n) is 9.44. The molecule has 3 aromatic carbocycles. The Morgan fingerprint density at radius 3 is 2.37 bits per heavy atom. The average molecular weight is 532 g/mol. The summed E-state index contributed by atoms with van der Waals surface area (Å²) in [4.78, 5) is 28.6. The average Bonchev–Trinajstić information content (AvgIpc) is 2.89. The van der Waals surface area contributed by atoms with E-state index >= 15 is 0 Å². The van der Waals surface area contributed by atoms with Gasteiger partial charge in [-0.25, -0.2) is 0 Å². The Labute approximate surface area is 215 Å². The molecule has 6 heteroatoms. The molecule has 1 aliphatic carbocycles. The molecule has 35 heavy (non-hydrogen) atoms. The number of hydrogen-bond acceptors (Lipinski definition) is 3. The summed E-state index contributed by atoms with van der Waals surface area (Å²) in [6.45, 7) is 1.62.